The van der Waals surface area contributed by atoms with Crippen LogP contribution in [0.5, 0.6) is 11.5 Å². The van der Waals surface area contributed by atoms with E-state index in [1.165, 1.54) is 22.7 Å². The number of hydrogen-bond acceptors (Lipinski definition) is 12. The molecule has 15 nitrogen and oxygen atoms in total. The van der Waals surface area contributed by atoms with Gasteiger partial charge in [-0.25, -0.2) is 19.6 Å². The summed E-state index contributed by atoms with van der Waals surface area (Å²) in [7, 11) is 1.58. The number of carboxylic acid groups (broad SMARTS) is 1. The zero-order valence-electron chi connectivity index (χ0n) is 34.6. The van der Waals surface area contributed by atoms with Crippen LogP contribution in [0, 0.1) is 23.2 Å². The molecule has 4 aliphatic rings. The van der Waals surface area contributed by atoms with Crippen molar-refractivity contribution in [1.29, 1.82) is 0 Å². The van der Waals surface area contributed by atoms with E-state index in [9.17, 15) is 24.3 Å². The van der Waals surface area contributed by atoms with E-state index < -0.39 is 53.0 Å². The Bertz CT molecular complexity index is 2080. The first-order chi connectivity index (χ1) is 28.0. The molecule has 3 amide bonds. The lowest BCUT2D eigenvalue weighted by Gasteiger charge is -2.35. The van der Waals surface area contributed by atoms with Gasteiger partial charge in [0, 0.05) is 36.4 Å². The summed E-state index contributed by atoms with van der Waals surface area (Å²) >= 11 is 8.39. The van der Waals surface area contributed by atoms with E-state index in [0.717, 1.165) is 12.8 Å². The molecule has 1 unspecified atom stereocenters. The second-order valence-electron chi connectivity index (χ2n) is 17.7. The normalized spacial score (nSPS) is 26.3. The molecule has 3 aliphatic carbocycles. The predicted octanol–water partition coefficient (Wildman–Crippen LogP) is 6.51. The highest BCUT2D eigenvalue weighted by molar-refractivity contribution is 7.14. The molecule has 17 heteroatoms. The van der Waals surface area contributed by atoms with Gasteiger partial charge in [0.15, 0.2) is 5.13 Å². The molecule has 0 radical (unpaired) electrons. The molecule has 4 N–H and O–H groups in total. The Balaban J connectivity index is 1.21. The predicted molar refractivity (Wildman–Crippen MR) is 223 cm³/mol. The van der Waals surface area contributed by atoms with Crippen LogP contribution in [0.1, 0.15) is 80.1 Å². The number of aliphatic carboxylic acids is 1. The number of hydrogen-bond donors (Lipinski definition) is 4. The van der Waals surface area contributed by atoms with Crippen molar-refractivity contribution in [3.05, 3.63) is 28.6 Å². The molecule has 4 fully saturated rings. The number of carbonyl (C=O) groups is 4. The SMILES string of the molecule is CC[C@@H]1C[C@]1(NC(=O)[C@@H]1C[C@@H](Oc2cc(-c3csc(NC(C)C)n3)nc3c(Cl)c(OCCOC)ccc23)CN1C(=O)[C@@H](NC(=O)OC1C[C@@H]2C[C@@H]2C1)C(C)(C)C)C(=O)O. The number of thiazole rings is 1. The molecule has 320 valence electrons. The van der Waals surface area contributed by atoms with E-state index in [1.54, 1.807) is 25.3 Å². The van der Waals surface area contributed by atoms with E-state index in [4.69, 9.17) is 40.5 Å². The van der Waals surface area contributed by atoms with Crippen LogP contribution in [-0.4, -0.2) is 107 Å². The largest absolute Gasteiger partial charge is 0.490 e. The number of anilines is 1. The molecular formula is C42H55ClN6O9S. The highest BCUT2D eigenvalue weighted by Crippen LogP contribution is 2.52. The Hall–Kier alpha value is -4.41. The minimum atomic E-state index is -1.42. The monoisotopic (exact) mass is 854 g/mol. The first kappa shape index (κ1) is 42.7. The number of amides is 3. The lowest BCUT2D eigenvalue weighted by Crippen LogP contribution is -2.59. The van der Waals surface area contributed by atoms with Gasteiger partial charge in [-0.15, -0.1) is 11.3 Å². The first-order valence-electron chi connectivity index (χ1n) is 20.5. The number of halogens is 1. The van der Waals surface area contributed by atoms with Gasteiger partial charge in [-0.2, -0.15) is 0 Å². The average Bonchev–Trinajstić information content (AvgIpc) is 3.84. The smallest absolute Gasteiger partial charge is 0.408 e. The van der Waals surface area contributed by atoms with Crippen molar-refractivity contribution in [1.82, 2.24) is 25.5 Å². The third kappa shape index (κ3) is 9.19. The number of benzene rings is 1. The summed E-state index contributed by atoms with van der Waals surface area (Å²) in [5.74, 6) is -0.462. The van der Waals surface area contributed by atoms with Crippen molar-refractivity contribution in [3.63, 3.8) is 0 Å². The Morgan fingerprint density at radius 3 is 2.42 bits per heavy atom. The number of pyridine rings is 1. The maximum absolute atomic E-state index is 14.7. The number of fused-ring (bicyclic) bond motifs is 2. The van der Waals surface area contributed by atoms with Crippen molar-refractivity contribution < 1.29 is 43.2 Å². The topological polar surface area (TPSA) is 191 Å². The number of nitrogens with one attached hydrogen (secondary N) is 3. The number of aromatic nitrogens is 2. The highest BCUT2D eigenvalue weighted by Gasteiger charge is 2.61. The number of alkyl carbamates (subject to hydrolysis) is 1. The quantitative estimate of drug-likeness (QED) is 0.114. The fourth-order valence-corrected chi connectivity index (χ4v) is 9.62. The molecule has 1 aromatic carbocycles. The van der Waals surface area contributed by atoms with E-state index in [-0.39, 0.29) is 42.7 Å². The number of methoxy groups -OCH3 is 1. The Labute approximate surface area is 353 Å². The molecular weight excluding hydrogens is 800 g/mol. The number of carboxylic acids is 1. The van der Waals surface area contributed by atoms with Crippen molar-refractivity contribution in [3.8, 4) is 22.9 Å². The Morgan fingerprint density at radius 1 is 1.03 bits per heavy atom. The van der Waals surface area contributed by atoms with Crippen molar-refractivity contribution in [2.45, 2.75) is 116 Å². The van der Waals surface area contributed by atoms with E-state index in [0.29, 0.717) is 70.2 Å². The summed E-state index contributed by atoms with van der Waals surface area (Å²) in [6, 6.07) is 3.26. The van der Waals surface area contributed by atoms with Gasteiger partial charge in [0.2, 0.25) is 11.8 Å². The Morgan fingerprint density at radius 2 is 1.78 bits per heavy atom. The third-order valence-electron chi connectivity index (χ3n) is 11.9. The van der Waals surface area contributed by atoms with Crippen LogP contribution in [0.4, 0.5) is 9.93 Å². The van der Waals surface area contributed by atoms with E-state index in [2.05, 4.69) is 16.0 Å². The molecule has 1 aliphatic heterocycles. The van der Waals surface area contributed by atoms with Crippen molar-refractivity contribution in [2.24, 2.45) is 23.2 Å². The minimum absolute atomic E-state index is 0.0340. The van der Waals surface area contributed by atoms with Crippen LogP contribution >= 0.6 is 22.9 Å². The fraction of sp³-hybridized carbons (Fsp3) is 0.619. The first-order valence-corrected chi connectivity index (χ1v) is 21.7. The van der Waals surface area contributed by atoms with Crippen molar-refractivity contribution in [2.75, 3.05) is 32.2 Å². The average molecular weight is 855 g/mol. The van der Waals surface area contributed by atoms with E-state index in [1.807, 2.05) is 46.9 Å². The summed E-state index contributed by atoms with van der Waals surface area (Å²) in [5.41, 5.74) is -0.735. The van der Waals surface area contributed by atoms with Gasteiger partial charge in [0.25, 0.3) is 0 Å². The summed E-state index contributed by atoms with van der Waals surface area (Å²) < 4.78 is 23.6. The second kappa shape index (κ2) is 16.9. The van der Waals surface area contributed by atoms with Gasteiger partial charge in [-0.1, -0.05) is 45.7 Å². The van der Waals surface area contributed by atoms with Gasteiger partial charge in [0.05, 0.1) is 24.4 Å². The number of likely N-dealkylation sites (tertiary alicyclic amines) is 1. The van der Waals surface area contributed by atoms with Gasteiger partial charge in [-0.05, 0) is 74.8 Å². The molecule has 7 rings (SSSR count). The van der Waals surface area contributed by atoms with Gasteiger partial charge in [-0.3, -0.25) is 9.59 Å². The van der Waals surface area contributed by atoms with Gasteiger partial charge >= 0.3 is 12.1 Å². The van der Waals surface area contributed by atoms with E-state index >= 15 is 0 Å². The molecule has 0 bridgehead atoms. The number of carbonyl (C=O) groups excluding carboxylic acids is 3. The number of nitrogens with zero attached hydrogens (tertiary/aromatic N) is 3. The van der Waals surface area contributed by atoms with Gasteiger partial charge < -0.3 is 44.9 Å². The molecule has 3 saturated carbocycles. The summed E-state index contributed by atoms with van der Waals surface area (Å²) in [4.78, 5) is 65.8. The zero-order chi connectivity index (χ0) is 42.4. The van der Waals surface area contributed by atoms with Crippen LogP contribution in [0.15, 0.2) is 23.6 Å². The summed E-state index contributed by atoms with van der Waals surface area (Å²) in [6.07, 6.45) is 2.10. The van der Waals surface area contributed by atoms with Crippen LogP contribution in [-0.2, 0) is 23.9 Å². The van der Waals surface area contributed by atoms with Crippen LogP contribution in [0.25, 0.3) is 22.3 Å². The van der Waals surface area contributed by atoms with Gasteiger partial charge in [0.1, 0.15) is 58.7 Å². The lowest BCUT2D eigenvalue weighted by atomic mass is 9.85. The number of rotatable bonds is 16. The molecule has 1 saturated heterocycles. The maximum atomic E-state index is 14.7. The van der Waals surface area contributed by atoms with Crippen LogP contribution < -0.4 is 25.4 Å². The fourth-order valence-electron chi connectivity index (χ4n) is 8.51. The highest BCUT2D eigenvalue weighted by atomic mass is 35.5. The molecule has 3 aromatic rings. The summed E-state index contributed by atoms with van der Waals surface area (Å²) in [5, 5.41) is 22.6. The number of ether oxygens (including phenoxy) is 4. The molecule has 2 aromatic heterocycles. The van der Waals surface area contributed by atoms with Crippen LogP contribution in [0.2, 0.25) is 5.02 Å². The maximum Gasteiger partial charge on any atom is 0.408 e. The minimum Gasteiger partial charge on any atom is -0.490 e. The Kier molecular flexibility index (Phi) is 12.2. The molecule has 0 spiro atoms. The molecule has 3 heterocycles. The zero-order valence-corrected chi connectivity index (χ0v) is 36.2. The third-order valence-corrected chi connectivity index (χ3v) is 13.0. The van der Waals surface area contributed by atoms with Crippen LogP contribution in [0.3, 0.4) is 0 Å². The lowest BCUT2D eigenvalue weighted by molar-refractivity contribution is -0.146. The standard InChI is InChI=1S/C42H55ClN6O9S/c1-8-24-18-42(24,38(52)53)48-36(50)30-16-26(19-49(30)37(51)35(41(4,5)6)47-40(54)58-25-14-22-13-23(22)15-25)57-32-17-28(29-20-59-39(46-29)44-21(2)3)45-34-27(32)9-10-31(33(34)43)56-12-11-55-7/h9-10,17,20-26,30,35H,8,11-16,18-19H2,1-7H3,(H,44,46)(H,47,54)(H,48,50)(H,52,53)/t22-,23+,24-,25?,26-,30+,35-,42-/m1/s1. The molecule has 59 heavy (non-hydrogen) atoms. The second-order valence-corrected chi connectivity index (χ2v) is 18.9. The van der Waals surface area contributed by atoms with Crippen molar-refractivity contribution >= 4 is 62.8 Å². The molecule has 8 atom stereocenters. The summed E-state index contributed by atoms with van der Waals surface area (Å²) in [6.45, 7) is 12.0.